The molecule has 1 aromatic carbocycles. The second-order valence-electron chi connectivity index (χ2n) is 4.65. The largest absolute Gasteiger partial charge is 0.383 e. The van der Waals surface area contributed by atoms with Crippen LogP contribution in [0.3, 0.4) is 0 Å². The molecule has 1 aromatic heterocycles. The molecule has 1 heterocycles. The van der Waals surface area contributed by atoms with Gasteiger partial charge < -0.3 is 5.11 Å². The first-order valence-corrected chi connectivity index (χ1v) is 6.83. The van der Waals surface area contributed by atoms with Crippen LogP contribution in [0.25, 0.3) is 10.4 Å². The summed E-state index contributed by atoms with van der Waals surface area (Å²) in [5.41, 5.74) is 7.96. The number of hydrogen-bond acceptors (Lipinski definition) is 4. The van der Waals surface area contributed by atoms with Crippen molar-refractivity contribution in [2.24, 2.45) is 5.11 Å². The van der Waals surface area contributed by atoms with Crippen LogP contribution < -0.4 is 0 Å². The summed E-state index contributed by atoms with van der Waals surface area (Å²) in [6.45, 7) is 1.98. The van der Waals surface area contributed by atoms with Gasteiger partial charge in [-0.25, -0.2) is 9.67 Å². The number of azide groups is 1. The number of nitrogens with zero attached hydrogens (tertiary/aromatic N) is 6. The molecule has 2 atom stereocenters. The molecule has 0 bridgehead atoms. The molecular weight excluding hydrogens is 292 g/mol. The molecule has 21 heavy (non-hydrogen) atoms. The van der Waals surface area contributed by atoms with Crippen LogP contribution in [-0.2, 0) is 12.1 Å². The van der Waals surface area contributed by atoms with E-state index in [1.165, 1.54) is 17.3 Å². The van der Waals surface area contributed by atoms with E-state index >= 15 is 0 Å². The number of benzene rings is 1. The molecule has 0 spiro atoms. The van der Waals surface area contributed by atoms with Crippen molar-refractivity contribution in [3.8, 4) is 0 Å². The molecule has 8 heteroatoms. The lowest BCUT2D eigenvalue weighted by molar-refractivity contribution is -0.0115. The Morgan fingerprint density at radius 2 is 2.19 bits per heavy atom. The molecule has 2 rings (SSSR count). The van der Waals surface area contributed by atoms with Crippen molar-refractivity contribution in [3.05, 3.63) is 57.9 Å². The first-order chi connectivity index (χ1) is 10.1. The van der Waals surface area contributed by atoms with Gasteiger partial charge in [0.25, 0.3) is 0 Å². The van der Waals surface area contributed by atoms with Crippen LogP contribution in [0, 0.1) is 0 Å². The Kier molecular flexibility index (Phi) is 4.80. The minimum atomic E-state index is -1.39. The Morgan fingerprint density at radius 1 is 1.48 bits per heavy atom. The van der Waals surface area contributed by atoms with Crippen LogP contribution >= 0.6 is 11.6 Å². The Morgan fingerprint density at radius 3 is 2.71 bits per heavy atom. The molecule has 0 radical (unpaired) electrons. The zero-order valence-corrected chi connectivity index (χ0v) is 12.2. The third-order valence-corrected chi connectivity index (χ3v) is 3.59. The highest BCUT2D eigenvalue weighted by Gasteiger charge is 2.38. The van der Waals surface area contributed by atoms with Crippen molar-refractivity contribution in [2.75, 3.05) is 0 Å². The quantitative estimate of drug-likeness (QED) is 0.504. The van der Waals surface area contributed by atoms with Gasteiger partial charge in [0, 0.05) is 9.93 Å². The van der Waals surface area contributed by atoms with Gasteiger partial charge in [0.2, 0.25) is 0 Å². The van der Waals surface area contributed by atoms with Crippen molar-refractivity contribution in [3.63, 3.8) is 0 Å². The van der Waals surface area contributed by atoms with Crippen molar-refractivity contribution in [1.29, 1.82) is 0 Å². The molecule has 110 valence electrons. The van der Waals surface area contributed by atoms with E-state index in [9.17, 15) is 5.11 Å². The summed E-state index contributed by atoms with van der Waals surface area (Å²) in [6.07, 6.45) is 3.37. The monoisotopic (exact) mass is 306 g/mol. The molecule has 0 fully saturated rings. The summed E-state index contributed by atoms with van der Waals surface area (Å²) in [4.78, 5) is 6.70. The SMILES string of the molecule is CCC(N=[N+]=[N-])C(O)(Cn1cncn1)c1ccc(Cl)cc1. The van der Waals surface area contributed by atoms with Gasteiger partial charge in [-0.05, 0) is 29.6 Å². The Bertz CT molecular complexity index is 623. The third-order valence-electron chi connectivity index (χ3n) is 3.34. The maximum absolute atomic E-state index is 11.1. The van der Waals surface area contributed by atoms with Gasteiger partial charge >= 0.3 is 0 Å². The minimum Gasteiger partial charge on any atom is -0.383 e. The number of rotatable bonds is 6. The average molecular weight is 307 g/mol. The molecule has 0 saturated heterocycles. The van der Waals surface area contributed by atoms with Crippen LogP contribution in [0.15, 0.2) is 42.0 Å². The van der Waals surface area contributed by atoms with Gasteiger partial charge in [-0.1, -0.05) is 35.8 Å². The molecule has 2 aromatic rings. The van der Waals surface area contributed by atoms with Crippen molar-refractivity contribution in [2.45, 2.75) is 31.5 Å². The molecular formula is C13H15ClN6O. The molecule has 0 aliphatic heterocycles. The molecule has 2 unspecified atom stereocenters. The van der Waals surface area contributed by atoms with E-state index in [0.29, 0.717) is 17.0 Å². The van der Waals surface area contributed by atoms with Gasteiger partial charge in [0.05, 0.1) is 12.6 Å². The zero-order valence-electron chi connectivity index (χ0n) is 11.5. The summed E-state index contributed by atoms with van der Waals surface area (Å²) >= 11 is 5.89. The van der Waals surface area contributed by atoms with E-state index in [1.807, 2.05) is 6.92 Å². The Hall–Kier alpha value is -2.08. The first-order valence-electron chi connectivity index (χ1n) is 6.45. The van der Waals surface area contributed by atoms with Crippen molar-refractivity contribution >= 4 is 11.6 Å². The van der Waals surface area contributed by atoms with E-state index in [-0.39, 0.29) is 6.54 Å². The van der Waals surface area contributed by atoms with Gasteiger partial charge in [-0.3, -0.25) is 0 Å². The molecule has 1 N–H and O–H groups in total. The van der Waals surface area contributed by atoms with Crippen LogP contribution in [0.5, 0.6) is 0 Å². The van der Waals surface area contributed by atoms with E-state index in [1.54, 1.807) is 24.3 Å². The fraction of sp³-hybridized carbons (Fsp3) is 0.385. The van der Waals surface area contributed by atoms with E-state index < -0.39 is 11.6 Å². The summed E-state index contributed by atoms with van der Waals surface area (Å²) in [6, 6.07) is 6.18. The van der Waals surface area contributed by atoms with Crippen molar-refractivity contribution < 1.29 is 5.11 Å². The van der Waals surface area contributed by atoms with Gasteiger partial charge in [-0.15, -0.1) is 0 Å². The minimum absolute atomic E-state index is 0.131. The highest BCUT2D eigenvalue weighted by molar-refractivity contribution is 6.30. The number of aliphatic hydroxyl groups is 1. The lowest BCUT2D eigenvalue weighted by Gasteiger charge is -2.33. The number of halogens is 1. The normalized spacial score (nSPS) is 15.0. The maximum atomic E-state index is 11.1. The number of hydrogen-bond donors (Lipinski definition) is 1. The smallest absolute Gasteiger partial charge is 0.137 e. The standard InChI is InChI=1S/C13H15ClN6O/c1-2-12(18-19-15)13(21,7-20-9-16-8-17-20)10-3-5-11(14)6-4-10/h3-6,8-9,12,21H,2,7H2,1H3. The highest BCUT2D eigenvalue weighted by atomic mass is 35.5. The predicted octanol–water partition coefficient (Wildman–Crippen LogP) is 2.91. The molecule has 0 saturated carbocycles. The Labute approximate surface area is 126 Å². The van der Waals surface area contributed by atoms with Crippen LogP contribution in [0.2, 0.25) is 5.02 Å². The summed E-state index contributed by atoms with van der Waals surface area (Å²) in [7, 11) is 0. The van der Waals surface area contributed by atoms with Crippen LogP contribution in [-0.4, -0.2) is 25.9 Å². The average Bonchev–Trinajstić information content (AvgIpc) is 2.97. The van der Waals surface area contributed by atoms with Crippen molar-refractivity contribution in [1.82, 2.24) is 14.8 Å². The highest BCUT2D eigenvalue weighted by Crippen LogP contribution is 2.32. The van der Waals surface area contributed by atoms with Gasteiger partial charge in [0.1, 0.15) is 18.3 Å². The molecule has 0 aliphatic carbocycles. The van der Waals surface area contributed by atoms with Crippen LogP contribution in [0.1, 0.15) is 18.9 Å². The van der Waals surface area contributed by atoms with E-state index in [4.69, 9.17) is 17.1 Å². The van der Waals surface area contributed by atoms with E-state index in [2.05, 4.69) is 20.1 Å². The zero-order chi connectivity index (χ0) is 15.3. The third kappa shape index (κ3) is 3.33. The fourth-order valence-corrected chi connectivity index (χ4v) is 2.39. The van der Waals surface area contributed by atoms with Crippen LogP contribution in [0.4, 0.5) is 0 Å². The second kappa shape index (κ2) is 6.58. The fourth-order valence-electron chi connectivity index (χ4n) is 2.27. The van der Waals surface area contributed by atoms with E-state index in [0.717, 1.165) is 0 Å². The predicted molar refractivity (Wildman–Crippen MR) is 78.6 cm³/mol. The Balaban J connectivity index is 2.46. The topological polar surface area (TPSA) is 99.7 Å². The second-order valence-corrected chi connectivity index (χ2v) is 5.09. The maximum Gasteiger partial charge on any atom is 0.137 e. The molecule has 0 aliphatic rings. The number of aromatic nitrogens is 3. The van der Waals surface area contributed by atoms with Gasteiger partial charge in [-0.2, -0.15) is 5.10 Å². The lowest BCUT2D eigenvalue weighted by Crippen LogP contribution is -2.42. The molecule has 0 amide bonds. The summed E-state index contributed by atoms with van der Waals surface area (Å²) in [5, 5.41) is 19.4. The van der Waals surface area contributed by atoms with Gasteiger partial charge in [0.15, 0.2) is 0 Å². The summed E-state index contributed by atoms with van der Waals surface area (Å²) < 4.78 is 1.50. The lowest BCUT2D eigenvalue weighted by atomic mass is 9.85. The first kappa shape index (κ1) is 15.3. The molecule has 7 nitrogen and oxygen atoms in total. The summed E-state index contributed by atoms with van der Waals surface area (Å²) in [5.74, 6) is 0.